The summed E-state index contributed by atoms with van der Waals surface area (Å²) in [5.74, 6) is 0.331. The predicted octanol–water partition coefficient (Wildman–Crippen LogP) is 4.12. The van der Waals surface area contributed by atoms with Crippen molar-refractivity contribution in [3.05, 3.63) is 64.4 Å². The van der Waals surface area contributed by atoms with Gasteiger partial charge in [0.05, 0.1) is 0 Å². The van der Waals surface area contributed by atoms with Crippen LogP contribution in [0.2, 0.25) is 5.02 Å². The summed E-state index contributed by atoms with van der Waals surface area (Å²) in [6.45, 7) is 2.22. The van der Waals surface area contributed by atoms with Gasteiger partial charge in [-0.3, -0.25) is 0 Å². The number of ether oxygens (including phenoxy) is 1. The summed E-state index contributed by atoms with van der Waals surface area (Å²) in [6.07, 6.45) is 0.297. The molecule has 0 bridgehead atoms. The van der Waals surface area contributed by atoms with Crippen molar-refractivity contribution >= 4 is 11.6 Å². The zero-order chi connectivity index (χ0) is 14.5. The average molecular weight is 294 g/mol. The van der Waals surface area contributed by atoms with Crippen molar-refractivity contribution in [2.75, 3.05) is 6.54 Å². The summed E-state index contributed by atoms with van der Waals surface area (Å²) in [5.41, 5.74) is 7.16. The Morgan fingerprint density at radius 3 is 2.65 bits per heavy atom. The van der Waals surface area contributed by atoms with Gasteiger partial charge in [0.1, 0.15) is 17.7 Å². The van der Waals surface area contributed by atoms with Crippen molar-refractivity contribution in [1.29, 1.82) is 0 Å². The van der Waals surface area contributed by atoms with E-state index in [9.17, 15) is 4.39 Å². The van der Waals surface area contributed by atoms with Gasteiger partial charge in [0, 0.05) is 17.1 Å². The molecule has 2 N–H and O–H groups in total. The van der Waals surface area contributed by atoms with Crippen LogP contribution < -0.4 is 10.5 Å². The van der Waals surface area contributed by atoms with Gasteiger partial charge in [-0.15, -0.1) is 0 Å². The van der Waals surface area contributed by atoms with Crippen LogP contribution in [0, 0.1) is 5.82 Å². The molecule has 0 aromatic heterocycles. The molecule has 2 nitrogen and oxygen atoms in total. The van der Waals surface area contributed by atoms with Crippen LogP contribution in [0.4, 0.5) is 4.39 Å². The molecule has 0 aliphatic rings. The fourth-order valence-corrected chi connectivity index (χ4v) is 2.29. The fraction of sp³-hybridized carbons (Fsp3) is 0.250. The summed E-state index contributed by atoms with van der Waals surface area (Å²) in [5, 5.41) is 0.704. The summed E-state index contributed by atoms with van der Waals surface area (Å²) < 4.78 is 19.6. The smallest absolute Gasteiger partial charge is 0.139 e. The Labute approximate surface area is 123 Å². The van der Waals surface area contributed by atoms with Crippen molar-refractivity contribution in [3.8, 4) is 5.75 Å². The van der Waals surface area contributed by atoms with E-state index >= 15 is 0 Å². The number of hydrogen-bond acceptors (Lipinski definition) is 2. The molecular weight excluding hydrogens is 277 g/mol. The topological polar surface area (TPSA) is 35.2 Å². The lowest BCUT2D eigenvalue weighted by molar-refractivity contribution is 0.209. The van der Waals surface area contributed by atoms with Crippen LogP contribution in [0.5, 0.6) is 5.75 Å². The van der Waals surface area contributed by atoms with Crippen LogP contribution in [0.1, 0.15) is 24.2 Å². The van der Waals surface area contributed by atoms with Crippen molar-refractivity contribution in [3.63, 3.8) is 0 Å². The lowest BCUT2D eigenvalue weighted by Gasteiger charge is -2.19. The largest absolute Gasteiger partial charge is 0.484 e. The van der Waals surface area contributed by atoms with E-state index < -0.39 is 6.10 Å². The third-order valence-electron chi connectivity index (χ3n) is 3.14. The normalized spacial score (nSPS) is 12.2. The van der Waals surface area contributed by atoms with Crippen LogP contribution in [0.25, 0.3) is 0 Å². The Hall–Kier alpha value is -1.58. The first-order valence-corrected chi connectivity index (χ1v) is 6.93. The molecule has 0 saturated carbocycles. The van der Waals surface area contributed by atoms with Gasteiger partial charge in [-0.05, 0) is 36.2 Å². The van der Waals surface area contributed by atoms with E-state index in [1.165, 1.54) is 6.07 Å². The molecule has 106 valence electrons. The highest BCUT2D eigenvalue weighted by atomic mass is 35.5. The predicted molar refractivity (Wildman–Crippen MR) is 79.7 cm³/mol. The quantitative estimate of drug-likeness (QED) is 0.900. The molecule has 0 amide bonds. The third kappa shape index (κ3) is 3.30. The van der Waals surface area contributed by atoms with Gasteiger partial charge in [-0.1, -0.05) is 36.7 Å². The first-order chi connectivity index (χ1) is 9.65. The molecule has 20 heavy (non-hydrogen) atoms. The van der Waals surface area contributed by atoms with Crippen LogP contribution in [0.15, 0.2) is 42.5 Å². The lowest BCUT2D eigenvalue weighted by Crippen LogP contribution is -2.19. The highest BCUT2D eigenvalue weighted by Gasteiger charge is 2.16. The minimum Gasteiger partial charge on any atom is -0.484 e. The Balaban J connectivity index is 2.25. The van der Waals surface area contributed by atoms with E-state index in [0.29, 0.717) is 16.3 Å². The SMILES string of the molecule is CCc1cc(OC(CN)c2ccccc2F)ccc1Cl. The fourth-order valence-electron chi connectivity index (χ4n) is 2.03. The number of benzene rings is 2. The molecule has 0 fully saturated rings. The molecule has 1 atom stereocenters. The molecule has 0 aliphatic carbocycles. The zero-order valence-corrected chi connectivity index (χ0v) is 12.0. The second kappa shape index (κ2) is 6.73. The number of rotatable bonds is 5. The summed E-state index contributed by atoms with van der Waals surface area (Å²) in [7, 11) is 0. The number of halogens is 2. The minimum atomic E-state index is -0.512. The number of nitrogens with two attached hydrogens (primary N) is 1. The molecule has 0 heterocycles. The average Bonchev–Trinajstić information content (AvgIpc) is 2.47. The van der Waals surface area contributed by atoms with E-state index in [1.54, 1.807) is 30.3 Å². The van der Waals surface area contributed by atoms with Gasteiger partial charge >= 0.3 is 0 Å². The molecule has 2 aromatic rings. The Morgan fingerprint density at radius 2 is 2.00 bits per heavy atom. The first kappa shape index (κ1) is 14.8. The molecule has 0 saturated heterocycles. The van der Waals surface area contributed by atoms with E-state index in [4.69, 9.17) is 22.1 Å². The monoisotopic (exact) mass is 293 g/mol. The van der Waals surface area contributed by atoms with E-state index in [-0.39, 0.29) is 12.4 Å². The summed E-state index contributed by atoms with van der Waals surface area (Å²) >= 11 is 6.07. The maximum Gasteiger partial charge on any atom is 0.139 e. The molecule has 0 spiro atoms. The number of aryl methyl sites for hydroxylation is 1. The maximum absolute atomic E-state index is 13.8. The van der Waals surface area contributed by atoms with Crippen LogP contribution in [0.3, 0.4) is 0 Å². The van der Waals surface area contributed by atoms with E-state index in [2.05, 4.69) is 0 Å². The van der Waals surface area contributed by atoms with Crippen LogP contribution in [-0.2, 0) is 6.42 Å². The van der Waals surface area contributed by atoms with Crippen molar-refractivity contribution < 1.29 is 9.13 Å². The molecule has 4 heteroatoms. The molecule has 1 unspecified atom stereocenters. The highest BCUT2D eigenvalue weighted by molar-refractivity contribution is 6.31. The molecule has 0 aliphatic heterocycles. The molecule has 2 rings (SSSR count). The van der Waals surface area contributed by atoms with E-state index in [0.717, 1.165) is 12.0 Å². The highest BCUT2D eigenvalue weighted by Crippen LogP contribution is 2.27. The Morgan fingerprint density at radius 1 is 1.25 bits per heavy atom. The molecular formula is C16H17ClFNO. The second-order valence-electron chi connectivity index (χ2n) is 4.47. The van der Waals surface area contributed by atoms with Gasteiger partial charge in [0.15, 0.2) is 0 Å². The van der Waals surface area contributed by atoms with Gasteiger partial charge in [-0.25, -0.2) is 4.39 Å². The van der Waals surface area contributed by atoms with E-state index in [1.807, 2.05) is 13.0 Å². The second-order valence-corrected chi connectivity index (χ2v) is 4.88. The Bertz CT molecular complexity index is 588. The molecule has 0 radical (unpaired) electrons. The van der Waals surface area contributed by atoms with Gasteiger partial charge in [0.25, 0.3) is 0 Å². The number of hydrogen-bond donors (Lipinski definition) is 1. The van der Waals surface area contributed by atoms with Crippen LogP contribution in [-0.4, -0.2) is 6.54 Å². The van der Waals surface area contributed by atoms with Crippen molar-refractivity contribution in [1.82, 2.24) is 0 Å². The lowest BCUT2D eigenvalue weighted by atomic mass is 10.1. The summed E-state index contributed by atoms with van der Waals surface area (Å²) in [6, 6.07) is 11.9. The van der Waals surface area contributed by atoms with Crippen LogP contribution >= 0.6 is 11.6 Å². The van der Waals surface area contributed by atoms with Gasteiger partial charge in [0.2, 0.25) is 0 Å². The van der Waals surface area contributed by atoms with Crippen molar-refractivity contribution in [2.45, 2.75) is 19.4 Å². The first-order valence-electron chi connectivity index (χ1n) is 6.55. The molecule has 2 aromatic carbocycles. The summed E-state index contributed by atoms with van der Waals surface area (Å²) in [4.78, 5) is 0. The zero-order valence-electron chi connectivity index (χ0n) is 11.3. The standard InChI is InChI=1S/C16H17ClFNO/c1-2-11-9-12(7-8-14(11)17)20-16(10-19)13-5-3-4-6-15(13)18/h3-9,16H,2,10,19H2,1H3. The van der Waals surface area contributed by atoms with Gasteiger partial charge in [-0.2, -0.15) is 0 Å². The Kier molecular flexibility index (Phi) is 4.99. The maximum atomic E-state index is 13.8. The minimum absolute atomic E-state index is 0.199. The third-order valence-corrected chi connectivity index (χ3v) is 3.51. The van der Waals surface area contributed by atoms with Crippen molar-refractivity contribution in [2.24, 2.45) is 5.73 Å². The van der Waals surface area contributed by atoms with Gasteiger partial charge < -0.3 is 10.5 Å².